The van der Waals surface area contributed by atoms with E-state index in [2.05, 4.69) is 17.3 Å². The van der Waals surface area contributed by atoms with Crippen LogP contribution in [0, 0.1) is 5.92 Å². The zero-order chi connectivity index (χ0) is 10.6. The van der Waals surface area contributed by atoms with Crippen molar-refractivity contribution in [1.29, 1.82) is 0 Å². The highest BCUT2D eigenvalue weighted by Crippen LogP contribution is 2.20. The standard InChI is InChI=1S/C10H23N3O/c1-12-10(9(14)6-11)8-4-3-5-13(2)7-8/h8-10,12,14H,3-7,11H2,1-2H3. The van der Waals surface area contributed by atoms with E-state index in [1.807, 2.05) is 7.05 Å². The van der Waals surface area contributed by atoms with E-state index in [1.165, 1.54) is 19.4 Å². The number of nitrogens with two attached hydrogens (primary N) is 1. The molecule has 3 unspecified atom stereocenters. The van der Waals surface area contributed by atoms with Gasteiger partial charge < -0.3 is 21.1 Å². The van der Waals surface area contributed by atoms with Crippen LogP contribution in [0.5, 0.6) is 0 Å². The summed E-state index contributed by atoms with van der Waals surface area (Å²) >= 11 is 0. The molecule has 0 aromatic heterocycles. The number of hydrogen-bond donors (Lipinski definition) is 3. The highest BCUT2D eigenvalue weighted by molar-refractivity contribution is 4.86. The Kier molecular flexibility index (Phi) is 4.81. The van der Waals surface area contributed by atoms with Gasteiger partial charge in [-0.1, -0.05) is 0 Å². The molecule has 4 heteroatoms. The van der Waals surface area contributed by atoms with Crippen LogP contribution in [-0.2, 0) is 0 Å². The van der Waals surface area contributed by atoms with Gasteiger partial charge in [0, 0.05) is 19.1 Å². The average molecular weight is 201 g/mol. The van der Waals surface area contributed by atoms with Crippen molar-refractivity contribution < 1.29 is 5.11 Å². The van der Waals surface area contributed by atoms with Crippen LogP contribution < -0.4 is 11.1 Å². The third-order valence-corrected chi connectivity index (χ3v) is 3.16. The molecule has 0 aromatic rings. The Labute approximate surface area is 86.5 Å². The summed E-state index contributed by atoms with van der Waals surface area (Å²) in [6.07, 6.45) is 1.99. The molecule has 1 rings (SSSR count). The fourth-order valence-electron chi connectivity index (χ4n) is 2.39. The topological polar surface area (TPSA) is 61.5 Å². The number of likely N-dealkylation sites (tertiary alicyclic amines) is 1. The van der Waals surface area contributed by atoms with Crippen molar-refractivity contribution in [3.05, 3.63) is 0 Å². The van der Waals surface area contributed by atoms with E-state index in [4.69, 9.17) is 5.73 Å². The number of aliphatic hydroxyl groups is 1. The van der Waals surface area contributed by atoms with E-state index in [0.29, 0.717) is 12.5 Å². The van der Waals surface area contributed by atoms with Gasteiger partial charge in [-0.15, -0.1) is 0 Å². The number of nitrogens with zero attached hydrogens (tertiary/aromatic N) is 1. The Morgan fingerprint density at radius 2 is 2.36 bits per heavy atom. The predicted octanol–water partition coefficient (Wildman–Crippen LogP) is -0.764. The Bertz CT molecular complexity index is 165. The molecular weight excluding hydrogens is 178 g/mol. The second-order valence-corrected chi connectivity index (χ2v) is 4.28. The summed E-state index contributed by atoms with van der Waals surface area (Å²) in [6, 6.07) is 0.141. The lowest BCUT2D eigenvalue weighted by atomic mass is 9.88. The van der Waals surface area contributed by atoms with Gasteiger partial charge in [-0.05, 0) is 39.4 Å². The van der Waals surface area contributed by atoms with Gasteiger partial charge >= 0.3 is 0 Å². The van der Waals surface area contributed by atoms with Crippen molar-refractivity contribution >= 4 is 0 Å². The van der Waals surface area contributed by atoms with E-state index in [1.54, 1.807) is 0 Å². The van der Waals surface area contributed by atoms with E-state index >= 15 is 0 Å². The van der Waals surface area contributed by atoms with Crippen molar-refractivity contribution in [2.45, 2.75) is 25.0 Å². The fourth-order valence-corrected chi connectivity index (χ4v) is 2.39. The van der Waals surface area contributed by atoms with Crippen LogP contribution in [0.15, 0.2) is 0 Å². The van der Waals surface area contributed by atoms with Crippen LogP contribution in [-0.4, -0.2) is 55.9 Å². The minimum absolute atomic E-state index is 0.141. The van der Waals surface area contributed by atoms with Crippen molar-refractivity contribution in [2.75, 3.05) is 33.7 Å². The van der Waals surface area contributed by atoms with Crippen molar-refractivity contribution in [3.8, 4) is 0 Å². The van der Waals surface area contributed by atoms with Gasteiger partial charge in [-0.2, -0.15) is 0 Å². The van der Waals surface area contributed by atoms with E-state index < -0.39 is 6.10 Å². The van der Waals surface area contributed by atoms with Crippen LogP contribution in [0.3, 0.4) is 0 Å². The lowest BCUT2D eigenvalue weighted by Gasteiger charge is -2.36. The molecule has 1 heterocycles. The molecule has 0 amide bonds. The summed E-state index contributed by atoms with van der Waals surface area (Å²) in [6.45, 7) is 2.57. The molecule has 1 aliphatic rings. The monoisotopic (exact) mass is 201 g/mol. The van der Waals surface area contributed by atoms with Gasteiger partial charge in [-0.25, -0.2) is 0 Å². The van der Waals surface area contributed by atoms with Gasteiger partial charge in [0.15, 0.2) is 0 Å². The van der Waals surface area contributed by atoms with Crippen LogP contribution in [0.4, 0.5) is 0 Å². The number of nitrogens with one attached hydrogen (secondary N) is 1. The molecule has 0 spiro atoms. The molecule has 4 nitrogen and oxygen atoms in total. The molecule has 0 radical (unpaired) electrons. The smallest absolute Gasteiger partial charge is 0.0818 e. The van der Waals surface area contributed by atoms with Crippen LogP contribution in [0.1, 0.15) is 12.8 Å². The molecule has 1 aliphatic heterocycles. The molecule has 14 heavy (non-hydrogen) atoms. The van der Waals surface area contributed by atoms with Crippen LogP contribution in [0.2, 0.25) is 0 Å². The minimum Gasteiger partial charge on any atom is -0.390 e. The van der Waals surface area contributed by atoms with E-state index in [-0.39, 0.29) is 6.04 Å². The second-order valence-electron chi connectivity index (χ2n) is 4.28. The summed E-state index contributed by atoms with van der Waals surface area (Å²) in [5.41, 5.74) is 5.49. The molecule has 0 saturated carbocycles. The molecular formula is C10H23N3O. The Morgan fingerprint density at radius 3 is 2.86 bits per heavy atom. The average Bonchev–Trinajstić information content (AvgIpc) is 2.19. The molecule has 0 aromatic carbocycles. The maximum absolute atomic E-state index is 9.75. The Hall–Kier alpha value is -0.160. The zero-order valence-electron chi connectivity index (χ0n) is 9.24. The molecule has 0 bridgehead atoms. The first-order valence-corrected chi connectivity index (χ1v) is 5.43. The van der Waals surface area contributed by atoms with Crippen molar-refractivity contribution in [2.24, 2.45) is 11.7 Å². The number of aliphatic hydroxyl groups excluding tert-OH is 1. The van der Waals surface area contributed by atoms with Crippen LogP contribution >= 0.6 is 0 Å². The van der Waals surface area contributed by atoms with Crippen molar-refractivity contribution in [1.82, 2.24) is 10.2 Å². The molecule has 1 fully saturated rings. The Balaban J connectivity index is 2.50. The Morgan fingerprint density at radius 1 is 1.64 bits per heavy atom. The highest BCUT2D eigenvalue weighted by atomic mass is 16.3. The first-order chi connectivity index (χ1) is 6.69. The molecule has 3 atom stereocenters. The van der Waals surface area contributed by atoms with Crippen LogP contribution in [0.25, 0.3) is 0 Å². The number of likely N-dealkylation sites (N-methyl/N-ethyl adjacent to an activating group) is 1. The summed E-state index contributed by atoms with van der Waals surface area (Å²) in [7, 11) is 4.03. The summed E-state index contributed by atoms with van der Waals surface area (Å²) < 4.78 is 0. The first kappa shape index (κ1) is 11.9. The van der Waals surface area contributed by atoms with E-state index in [0.717, 1.165) is 6.54 Å². The summed E-state index contributed by atoms with van der Waals surface area (Å²) in [4.78, 5) is 2.32. The maximum atomic E-state index is 9.75. The lowest BCUT2D eigenvalue weighted by Crippen LogP contribution is -2.51. The quantitative estimate of drug-likeness (QED) is 0.559. The highest BCUT2D eigenvalue weighted by Gasteiger charge is 2.28. The summed E-state index contributed by atoms with van der Waals surface area (Å²) in [5, 5.41) is 12.9. The molecule has 0 aliphatic carbocycles. The fraction of sp³-hybridized carbons (Fsp3) is 1.00. The second kappa shape index (κ2) is 5.66. The first-order valence-electron chi connectivity index (χ1n) is 5.43. The number of hydrogen-bond acceptors (Lipinski definition) is 4. The maximum Gasteiger partial charge on any atom is 0.0818 e. The third-order valence-electron chi connectivity index (χ3n) is 3.16. The summed E-state index contributed by atoms with van der Waals surface area (Å²) in [5.74, 6) is 0.525. The van der Waals surface area contributed by atoms with Gasteiger partial charge in [0.2, 0.25) is 0 Å². The van der Waals surface area contributed by atoms with Gasteiger partial charge in [0.1, 0.15) is 0 Å². The van der Waals surface area contributed by atoms with Gasteiger partial charge in [0.25, 0.3) is 0 Å². The number of rotatable bonds is 4. The third kappa shape index (κ3) is 2.92. The predicted molar refractivity (Wildman–Crippen MR) is 58.1 cm³/mol. The molecule has 1 saturated heterocycles. The number of piperidine rings is 1. The zero-order valence-corrected chi connectivity index (χ0v) is 9.24. The van der Waals surface area contributed by atoms with E-state index in [9.17, 15) is 5.11 Å². The largest absolute Gasteiger partial charge is 0.390 e. The minimum atomic E-state index is -0.420. The van der Waals surface area contributed by atoms with Gasteiger partial charge in [-0.3, -0.25) is 0 Å². The molecule has 84 valence electrons. The normalized spacial score (nSPS) is 28.7. The lowest BCUT2D eigenvalue weighted by molar-refractivity contribution is 0.0762. The van der Waals surface area contributed by atoms with Crippen molar-refractivity contribution in [3.63, 3.8) is 0 Å². The molecule has 4 N–H and O–H groups in total. The SMILES string of the molecule is CNC(C(O)CN)C1CCCN(C)C1. The van der Waals surface area contributed by atoms with Gasteiger partial charge in [0.05, 0.1) is 6.10 Å².